The third-order valence-electron chi connectivity index (χ3n) is 2.63. The molecule has 1 aromatic heterocycles. The van der Waals surface area contributed by atoms with E-state index in [9.17, 15) is 8.42 Å². The van der Waals surface area contributed by atoms with E-state index in [-0.39, 0.29) is 11.7 Å². The molecular formula is C9H14N2O3S. The van der Waals surface area contributed by atoms with Gasteiger partial charge >= 0.3 is 0 Å². The number of hydrogen-bond donors (Lipinski definition) is 1. The van der Waals surface area contributed by atoms with Gasteiger partial charge in [-0.3, -0.25) is 0 Å². The van der Waals surface area contributed by atoms with Crippen LogP contribution in [0.3, 0.4) is 0 Å². The lowest BCUT2D eigenvalue weighted by molar-refractivity contribution is 0.360. The quantitative estimate of drug-likeness (QED) is 0.796. The zero-order valence-corrected chi connectivity index (χ0v) is 9.16. The number of rotatable bonds is 3. The maximum Gasteiger partial charge on any atom is 0.150 e. The molecule has 1 saturated heterocycles. The molecule has 2 heterocycles. The molecule has 0 aromatic carbocycles. The van der Waals surface area contributed by atoms with Gasteiger partial charge in [0.05, 0.1) is 17.2 Å². The highest BCUT2D eigenvalue weighted by Crippen LogP contribution is 2.22. The maximum atomic E-state index is 11.2. The van der Waals surface area contributed by atoms with Crippen molar-refractivity contribution in [1.82, 2.24) is 5.16 Å². The van der Waals surface area contributed by atoms with Crippen LogP contribution in [-0.4, -0.2) is 25.1 Å². The monoisotopic (exact) mass is 230 g/mol. The first-order valence-electron chi connectivity index (χ1n) is 4.94. The van der Waals surface area contributed by atoms with Gasteiger partial charge in [0.1, 0.15) is 5.76 Å². The van der Waals surface area contributed by atoms with Gasteiger partial charge in [-0.25, -0.2) is 8.42 Å². The van der Waals surface area contributed by atoms with Gasteiger partial charge in [-0.2, -0.15) is 0 Å². The molecule has 1 aromatic rings. The summed E-state index contributed by atoms with van der Waals surface area (Å²) in [6, 6.07) is 1.80. The van der Waals surface area contributed by atoms with Crippen LogP contribution < -0.4 is 5.73 Å². The van der Waals surface area contributed by atoms with E-state index < -0.39 is 9.84 Å². The molecule has 2 N–H and O–H groups in total. The largest absolute Gasteiger partial charge is 0.361 e. The molecule has 0 spiro atoms. The van der Waals surface area contributed by atoms with Gasteiger partial charge in [-0.1, -0.05) is 5.16 Å². The molecule has 0 bridgehead atoms. The van der Waals surface area contributed by atoms with E-state index in [0.717, 1.165) is 12.2 Å². The Bertz CT molecular complexity index is 438. The van der Waals surface area contributed by atoms with Crippen molar-refractivity contribution in [3.05, 3.63) is 17.5 Å². The zero-order valence-electron chi connectivity index (χ0n) is 8.35. The van der Waals surface area contributed by atoms with E-state index in [1.165, 1.54) is 0 Å². The number of nitrogens with two attached hydrogens (primary N) is 1. The molecule has 0 radical (unpaired) electrons. The van der Waals surface area contributed by atoms with Crippen molar-refractivity contribution in [3.8, 4) is 0 Å². The highest BCUT2D eigenvalue weighted by atomic mass is 32.2. The smallest absolute Gasteiger partial charge is 0.150 e. The van der Waals surface area contributed by atoms with Crippen LogP contribution in [0.25, 0.3) is 0 Å². The van der Waals surface area contributed by atoms with Crippen molar-refractivity contribution < 1.29 is 12.9 Å². The lowest BCUT2D eigenvalue weighted by Crippen LogP contribution is -2.07. The van der Waals surface area contributed by atoms with Crippen LogP contribution in [0, 0.1) is 5.92 Å². The molecule has 1 aliphatic rings. The van der Waals surface area contributed by atoms with Crippen molar-refractivity contribution in [1.29, 1.82) is 0 Å². The fourth-order valence-corrected chi connectivity index (χ4v) is 3.73. The van der Waals surface area contributed by atoms with Crippen LogP contribution in [-0.2, 0) is 22.8 Å². The highest BCUT2D eigenvalue weighted by Gasteiger charge is 2.28. The Kier molecular flexibility index (Phi) is 2.79. The molecule has 5 nitrogen and oxygen atoms in total. The van der Waals surface area contributed by atoms with Crippen molar-refractivity contribution in [2.45, 2.75) is 19.4 Å². The van der Waals surface area contributed by atoms with Crippen LogP contribution in [0.5, 0.6) is 0 Å². The molecule has 0 aliphatic carbocycles. The first-order valence-corrected chi connectivity index (χ1v) is 6.76. The van der Waals surface area contributed by atoms with Crippen LogP contribution in [0.4, 0.5) is 0 Å². The molecule has 2 rings (SSSR count). The van der Waals surface area contributed by atoms with Gasteiger partial charge in [0, 0.05) is 19.0 Å². The van der Waals surface area contributed by atoms with E-state index in [1.54, 1.807) is 6.07 Å². The van der Waals surface area contributed by atoms with Gasteiger partial charge < -0.3 is 10.3 Å². The second kappa shape index (κ2) is 3.94. The molecule has 1 unspecified atom stereocenters. The van der Waals surface area contributed by atoms with Crippen LogP contribution in [0.15, 0.2) is 10.6 Å². The third kappa shape index (κ3) is 2.57. The second-order valence-electron chi connectivity index (χ2n) is 3.96. The standard InChI is InChI=1S/C9H14N2O3S/c10-5-8-4-9(14-11-8)3-7-1-2-15(12,13)6-7/h4,7H,1-3,5-6,10H2. The summed E-state index contributed by atoms with van der Waals surface area (Å²) >= 11 is 0. The summed E-state index contributed by atoms with van der Waals surface area (Å²) in [5, 5.41) is 3.76. The lowest BCUT2D eigenvalue weighted by Gasteiger charge is -2.02. The predicted octanol–water partition coefficient (Wildman–Crippen LogP) is 0.110. The summed E-state index contributed by atoms with van der Waals surface area (Å²) in [5.74, 6) is 1.48. The Hall–Kier alpha value is -0.880. The lowest BCUT2D eigenvalue weighted by atomic mass is 10.0. The molecular weight excluding hydrogens is 216 g/mol. The van der Waals surface area contributed by atoms with Crippen LogP contribution in [0.2, 0.25) is 0 Å². The molecule has 84 valence electrons. The maximum absolute atomic E-state index is 11.2. The molecule has 1 aliphatic heterocycles. The summed E-state index contributed by atoms with van der Waals surface area (Å²) in [7, 11) is -2.80. The van der Waals surface area contributed by atoms with Gasteiger partial charge in [0.15, 0.2) is 9.84 Å². The van der Waals surface area contributed by atoms with E-state index in [0.29, 0.717) is 24.4 Å². The number of hydrogen-bond acceptors (Lipinski definition) is 5. The minimum Gasteiger partial charge on any atom is -0.361 e. The van der Waals surface area contributed by atoms with Crippen molar-refractivity contribution in [2.75, 3.05) is 11.5 Å². The fourth-order valence-electron chi connectivity index (χ4n) is 1.87. The van der Waals surface area contributed by atoms with Gasteiger partial charge in [0.25, 0.3) is 0 Å². The molecule has 15 heavy (non-hydrogen) atoms. The van der Waals surface area contributed by atoms with Gasteiger partial charge in [0.2, 0.25) is 0 Å². The van der Waals surface area contributed by atoms with E-state index in [1.807, 2.05) is 0 Å². The molecule has 0 saturated carbocycles. The van der Waals surface area contributed by atoms with Crippen molar-refractivity contribution in [3.63, 3.8) is 0 Å². The molecule has 6 heteroatoms. The van der Waals surface area contributed by atoms with E-state index in [4.69, 9.17) is 10.3 Å². The van der Waals surface area contributed by atoms with Crippen molar-refractivity contribution in [2.24, 2.45) is 11.7 Å². The van der Waals surface area contributed by atoms with Gasteiger partial charge in [-0.05, 0) is 12.3 Å². The molecule has 1 atom stereocenters. The fraction of sp³-hybridized carbons (Fsp3) is 0.667. The average Bonchev–Trinajstić information content (AvgIpc) is 2.73. The first kappa shape index (κ1) is 10.6. The van der Waals surface area contributed by atoms with Crippen LogP contribution in [0.1, 0.15) is 17.9 Å². The summed E-state index contributed by atoms with van der Waals surface area (Å²) in [6.07, 6.45) is 1.37. The minimum atomic E-state index is -2.80. The number of nitrogens with zero attached hydrogens (tertiary/aromatic N) is 1. The Morgan fingerprint density at radius 1 is 1.60 bits per heavy atom. The Morgan fingerprint density at radius 2 is 2.40 bits per heavy atom. The molecule has 0 amide bonds. The van der Waals surface area contributed by atoms with Gasteiger partial charge in [-0.15, -0.1) is 0 Å². The summed E-state index contributed by atoms with van der Waals surface area (Å²) < 4.78 is 27.5. The summed E-state index contributed by atoms with van der Waals surface area (Å²) in [4.78, 5) is 0. The normalized spacial score (nSPS) is 24.5. The zero-order chi connectivity index (χ0) is 10.9. The first-order chi connectivity index (χ1) is 7.09. The number of aromatic nitrogens is 1. The summed E-state index contributed by atoms with van der Waals surface area (Å²) in [5.41, 5.74) is 6.11. The highest BCUT2D eigenvalue weighted by molar-refractivity contribution is 7.91. The predicted molar refractivity (Wildman–Crippen MR) is 54.9 cm³/mol. The minimum absolute atomic E-state index is 0.175. The SMILES string of the molecule is NCc1cc(CC2CCS(=O)(=O)C2)on1. The molecule has 1 fully saturated rings. The second-order valence-corrected chi connectivity index (χ2v) is 6.19. The Balaban J connectivity index is 1.98. The Labute approximate surface area is 88.5 Å². The number of sulfone groups is 1. The third-order valence-corrected chi connectivity index (χ3v) is 4.47. The topological polar surface area (TPSA) is 86.2 Å². The Morgan fingerprint density at radius 3 is 2.93 bits per heavy atom. The van der Waals surface area contributed by atoms with Crippen LogP contribution >= 0.6 is 0 Å². The van der Waals surface area contributed by atoms with E-state index >= 15 is 0 Å². The average molecular weight is 230 g/mol. The van der Waals surface area contributed by atoms with Crippen molar-refractivity contribution >= 4 is 9.84 Å². The summed E-state index contributed by atoms with van der Waals surface area (Å²) in [6.45, 7) is 0.354. The van der Waals surface area contributed by atoms with E-state index in [2.05, 4.69) is 5.16 Å².